The average molecular weight is 230 g/mol. The second-order valence-corrected chi connectivity index (χ2v) is 3.38. The van der Waals surface area contributed by atoms with Crippen LogP contribution in [0.4, 0.5) is 8.78 Å². The van der Waals surface area contributed by atoms with E-state index in [1.54, 1.807) is 4.90 Å². The quantitative estimate of drug-likeness (QED) is 0.796. The van der Waals surface area contributed by atoms with E-state index in [2.05, 4.69) is 0 Å². The normalized spacial score (nSPS) is 20.4. The van der Waals surface area contributed by atoms with Crippen molar-refractivity contribution in [3.05, 3.63) is 0 Å². The molecule has 0 saturated carbocycles. The van der Waals surface area contributed by atoms with Crippen molar-refractivity contribution in [2.75, 3.05) is 19.6 Å². The predicted octanol–water partition coefficient (Wildman–Crippen LogP) is 1.61. The zero-order chi connectivity index (χ0) is 9.90. The maximum absolute atomic E-state index is 12.6. The molecule has 0 unspecified atom stereocenters. The number of hydrogen-bond acceptors (Lipinski definition) is 2. The van der Waals surface area contributed by atoms with E-state index in [4.69, 9.17) is 5.11 Å². The van der Waals surface area contributed by atoms with Crippen LogP contribution in [0.1, 0.15) is 19.3 Å². The molecule has 84 valence electrons. The van der Waals surface area contributed by atoms with Gasteiger partial charge in [-0.15, -0.1) is 12.4 Å². The van der Waals surface area contributed by atoms with Gasteiger partial charge in [0, 0.05) is 19.4 Å². The first-order valence-corrected chi connectivity index (χ1v) is 4.32. The monoisotopic (exact) mass is 229 g/mol. The van der Waals surface area contributed by atoms with Gasteiger partial charge in [0.1, 0.15) is 0 Å². The van der Waals surface area contributed by atoms with Crippen molar-refractivity contribution < 1.29 is 18.7 Å². The Hall–Kier alpha value is -0.420. The Balaban J connectivity index is 0.00000169. The van der Waals surface area contributed by atoms with E-state index in [0.717, 1.165) is 0 Å². The molecule has 0 aromatic rings. The first kappa shape index (κ1) is 13.6. The number of carboxylic acid groups (broad SMARTS) is 1. The van der Waals surface area contributed by atoms with Gasteiger partial charge in [0.05, 0.1) is 6.54 Å². The highest BCUT2D eigenvalue weighted by Crippen LogP contribution is 2.26. The van der Waals surface area contributed by atoms with Crippen LogP contribution in [0, 0.1) is 0 Å². The van der Waals surface area contributed by atoms with Crippen molar-refractivity contribution in [2.24, 2.45) is 0 Å². The van der Waals surface area contributed by atoms with E-state index in [0.29, 0.717) is 19.5 Å². The van der Waals surface area contributed by atoms with Gasteiger partial charge >= 0.3 is 5.97 Å². The summed E-state index contributed by atoms with van der Waals surface area (Å²) in [6, 6.07) is 0. The number of rotatable bonds is 4. The van der Waals surface area contributed by atoms with E-state index in [1.165, 1.54) is 0 Å². The standard InChI is InChI=1S/C8H13F2NO2.ClH/c9-8(10)3-5-11(6-8)4-1-2-7(12)13;/h1-6H2,(H,12,13);1H. The van der Waals surface area contributed by atoms with Crippen LogP contribution in [0.5, 0.6) is 0 Å². The average Bonchev–Trinajstić information content (AvgIpc) is 2.29. The minimum atomic E-state index is -2.57. The Morgan fingerprint density at radius 1 is 1.50 bits per heavy atom. The molecule has 1 N–H and O–H groups in total. The molecule has 1 fully saturated rings. The molecular weight excluding hydrogens is 216 g/mol. The summed E-state index contributed by atoms with van der Waals surface area (Å²) in [5, 5.41) is 8.32. The fourth-order valence-electron chi connectivity index (χ4n) is 1.45. The zero-order valence-corrected chi connectivity index (χ0v) is 8.53. The van der Waals surface area contributed by atoms with Gasteiger partial charge in [-0.05, 0) is 13.0 Å². The third kappa shape index (κ3) is 4.72. The molecule has 0 aliphatic carbocycles. The van der Waals surface area contributed by atoms with Crippen LogP contribution in [-0.2, 0) is 4.79 Å². The van der Waals surface area contributed by atoms with E-state index in [9.17, 15) is 13.6 Å². The smallest absolute Gasteiger partial charge is 0.303 e. The minimum absolute atomic E-state index is 0. The Kier molecular flexibility index (Phi) is 5.29. The lowest BCUT2D eigenvalue weighted by atomic mass is 10.3. The Bertz CT molecular complexity index is 202. The predicted molar refractivity (Wildman–Crippen MR) is 50.1 cm³/mol. The van der Waals surface area contributed by atoms with Crippen molar-refractivity contribution >= 4 is 18.4 Å². The van der Waals surface area contributed by atoms with E-state index in [-0.39, 0.29) is 31.8 Å². The maximum atomic E-state index is 12.6. The molecule has 1 heterocycles. The molecule has 0 bridgehead atoms. The van der Waals surface area contributed by atoms with E-state index >= 15 is 0 Å². The van der Waals surface area contributed by atoms with Crippen molar-refractivity contribution in [1.82, 2.24) is 4.90 Å². The summed E-state index contributed by atoms with van der Waals surface area (Å²) in [7, 11) is 0. The summed E-state index contributed by atoms with van der Waals surface area (Å²) in [5.41, 5.74) is 0. The number of halogens is 3. The topological polar surface area (TPSA) is 40.5 Å². The second-order valence-electron chi connectivity index (χ2n) is 3.38. The summed E-state index contributed by atoms with van der Waals surface area (Å²) >= 11 is 0. The summed E-state index contributed by atoms with van der Waals surface area (Å²) in [6.45, 7) is 0.626. The number of nitrogens with zero attached hydrogens (tertiary/aromatic N) is 1. The molecule has 0 aromatic carbocycles. The van der Waals surface area contributed by atoms with Crippen LogP contribution in [-0.4, -0.2) is 41.5 Å². The highest BCUT2D eigenvalue weighted by atomic mass is 35.5. The third-order valence-electron chi connectivity index (χ3n) is 2.11. The number of carbonyl (C=O) groups is 1. The van der Waals surface area contributed by atoms with Crippen LogP contribution in [0.2, 0.25) is 0 Å². The number of carboxylic acids is 1. The number of likely N-dealkylation sites (tertiary alicyclic amines) is 1. The molecule has 0 radical (unpaired) electrons. The summed E-state index contributed by atoms with van der Waals surface area (Å²) in [6.07, 6.45) is 0.410. The fourth-order valence-corrected chi connectivity index (χ4v) is 1.45. The summed E-state index contributed by atoms with van der Waals surface area (Å²) in [5.74, 6) is -3.44. The molecule has 1 aliphatic heterocycles. The number of aliphatic carboxylic acids is 1. The Morgan fingerprint density at radius 2 is 2.14 bits per heavy atom. The highest BCUT2D eigenvalue weighted by Gasteiger charge is 2.37. The Morgan fingerprint density at radius 3 is 2.57 bits per heavy atom. The van der Waals surface area contributed by atoms with Gasteiger partial charge in [0.15, 0.2) is 0 Å². The summed E-state index contributed by atoms with van der Waals surface area (Å²) < 4.78 is 25.2. The fraction of sp³-hybridized carbons (Fsp3) is 0.875. The molecule has 0 aromatic heterocycles. The number of hydrogen-bond donors (Lipinski definition) is 1. The van der Waals surface area contributed by atoms with Crippen molar-refractivity contribution in [2.45, 2.75) is 25.2 Å². The van der Waals surface area contributed by atoms with Gasteiger partial charge in [-0.3, -0.25) is 9.69 Å². The molecule has 1 saturated heterocycles. The van der Waals surface area contributed by atoms with Gasteiger partial charge in [-0.25, -0.2) is 8.78 Å². The molecule has 1 aliphatic rings. The first-order chi connectivity index (χ1) is 5.99. The number of alkyl halides is 2. The van der Waals surface area contributed by atoms with Gasteiger partial charge in [0.25, 0.3) is 5.92 Å². The van der Waals surface area contributed by atoms with Gasteiger partial charge < -0.3 is 5.11 Å². The van der Waals surface area contributed by atoms with Crippen LogP contribution in [0.25, 0.3) is 0 Å². The van der Waals surface area contributed by atoms with Gasteiger partial charge in [-0.2, -0.15) is 0 Å². The van der Waals surface area contributed by atoms with Crippen molar-refractivity contribution in [3.8, 4) is 0 Å². The van der Waals surface area contributed by atoms with E-state index in [1.807, 2.05) is 0 Å². The summed E-state index contributed by atoms with van der Waals surface area (Å²) in [4.78, 5) is 11.7. The van der Waals surface area contributed by atoms with Crippen LogP contribution in [0.15, 0.2) is 0 Å². The molecule has 14 heavy (non-hydrogen) atoms. The lowest BCUT2D eigenvalue weighted by Crippen LogP contribution is -2.26. The SMILES string of the molecule is Cl.O=C(O)CCCN1CCC(F)(F)C1. The van der Waals surface area contributed by atoms with Crippen molar-refractivity contribution in [1.29, 1.82) is 0 Å². The van der Waals surface area contributed by atoms with Crippen LogP contribution < -0.4 is 0 Å². The van der Waals surface area contributed by atoms with Crippen LogP contribution >= 0.6 is 12.4 Å². The van der Waals surface area contributed by atoms with Crippen LogP contribution in [0.3, 0.4) is 0 Å². The second kappa shape index (κ2) is 5.46. The molecule has 0 amide bonds. The molecule has 0 atom stereocenters. The molecule has 3 nitrogen and oxygen atoms in total. The highest BCUT2D eigenvalue weighted by molar-refractivity contribution is 5.85. The molecular formula is C8H14ClF2NO2. The largest absolute Gasteiger partial charge is 0.481 e. The van der Waals surface area contributed by atoms with Gasteiger partial charge in [-0.1, -0.05) is 0 Å². The zero-order valence-electron chi connectivity index (χ0n) is 7.71. The lowest BCUT2D eigenvalue weighted by molar-refractivity contribution is -0.137. The Labute approximate surface area is 87.5 Å². The third-order valence-corrected chi connectivity index (χ3v) is 2.11. The molecule has 6 heteroatoms. The molecule has 0 spiro atoms. The molecule has 1 rings (SSSR count). The first-order valence-electron chi connectivity index (χ1n) is 4.32. The lowest BCUT2D eigenvalue weighted by Gasteiger charge is -2.14. The minimum Gasteiger partial charge on any atom is -0.481 e. The maximum Gasteiger partial charge on any atom is 0.303 e. The van der Waals surface area contributed by atoms with Crippen molar-refractivity contribution in [3.63, 3.8) is 0 Å². The van der Waals surface area contributed by atoms with E-state index < -0.39 is 11.9 Å². The van der Waals surface area contributed by atoms with Gasteiger partial charge in [0.2, 0.25) is 0 Å².